The Morgan fingerprint density at radius 1 is 1.09 bits per heavy atom. The molecule has 2 heterocycles. The first-order valence-electron chi connectivity index (χ1n) is 11.9. The van der Waals surface area contributed by atoms with Crippen molar-refractivity contribution in [1.29, 1.82) is 0 Å². The van der Waals surface area contributed by atoms with Crippen molar-refractivity contribution in [2.75, 3.05) is 32.9 Å². The number of rotatable bonds is 6. The highest BCUT2D eigenvalue weighted by Crippen LogP contribution is 2.52. The van der Waals surface area contributed by atoms with Crippen molar-refractivity contribution in [3.05, 3.63) is 75.8 Å². The van der Waals surface area contributed by atoms with Crippen LogP contribution in [0.5, 0.6) is 0 Å². The lowest BCUT2D eigenvalue weighted by molar-refractivity contribution is -0.384. The highest BCUT2D eigenvalue weighted by molar-refractivity contribution is 5.89. The van der Waals surface area contributed by atoms with E-state index in [0.717, 1.165) is 45.3 Å². The van der Waals surface area contributed by atoms with Crippen molar-refractivity contribution < 1.29 is 23.9 Å². The number of carbonyl (C=O) groups is 1. The molecule has 2 aliphatic heterocycles. The van der Waals surface area contributed by atoms with Crippen molar-refractivity contribution in [1.82, 2.24) is 4.90 Å². The number of ether oxygens (including phenoxy) is 3. The average Bonchev–Trinajstić information content (AvgIpc) is 3.31. The van der Waals surface area contributed by atoms with Gasteiger partial charge in [-0.15, -0.1) is 0 Å². The number of likely N-dealkylation sites (tertiary alicyclic amines) is 1. The number of piperidine rings is 1. The van der Waals surface area contributed by atoms with Crippen LogP contribution in [0.4, 0.5) is 5.69 Å². The van der Waals surface area contributed by atoms with E-state index in [2.05, 4.69) is 29.2 Å². The zero-order chi connectivity index (χ0) is 23.6. The van der Waals surface area contributed by atoms with E-state index in [1.807, 2.05) is 6.07 Å². The van der Waals surface area contributed by atoms with E-state index in [0.29, 0.717) is 31.3 Å². The normalized spacial score (nSPS) is 26.2. The van der Waals surface area contributed by atoms with Gasteiger partial charge in [0.25, 0.3) is 5.69 Å². The van der Waals surface area contributed by atoms with Crippen molar-refractivity contribution >= 4 is 11.7 Å². The Balaban J connectivity index is 1.31. The van der Waals surface area contributed by atoms with Gasteiger partial charge in [-0.25, -0.2) is 4.79 Å². The molecule has 3 fully saturated rings. The quantitative estimate of drug-likeness (QED) is 0.358. The van der Waals surface area contributed by atoms with Crippen LogP contribution in [0.15, 0.2) is 54.6 Å². The number of fused-ring (bicyclic) bond motifs is 1. The topological polar surface area (TPSA) is 91.1 Å². The second kappa shape index (κ2) is 9.44. The molecule has 0 amide bonds. The number of nitro benzene ring substituents is 1. The minimum Gasteiger partial charge on any atom is -0.461 e. The third-order valence-corrected chi connectivity index (χ3v) is 7.63. The van der Waals surface area contributed by atoms with E-state index >= 15 is 0 Å². The van der Waals surface area contributed by atoms with Crippen molar-refractivity contribution in [3.63, 3.8) is 0 Å². The van der Waals surface area contributed by atoms with Gasteiger partial charge in [-0.1, -0.05) is 30.3 Å². The summed E-state index contributed by atoms with van der Waals surface area (Å²) in [6.45, 7) is 4.27. The zero-order valence-electron chi connectivity index (χ0n) is 19.2. The third kappa shape index (κ3) is 4.71. The van der Waals surface area contributed by atoms with Crippen LogP contribution in [-0.2, 0) is 20.8 Å². The highest BCUT2D eigenvalue weighted by Gasteiger charge is 2.54. The fourth-order valence-electron chi connectivity index (χ4n) is 5.80. The van der Waals surface area contributed by atoms with Gasteiger partial charge < -0.3 is 14.2 Å². The van der Waals surface area contributed by atoms with Crippen LogP contribution in [0.2, 0.25) is 0 Å². The van der Waals surface area contributed by atoms with E-state index < -0.39 is 16.7 Å². The van der Waals surface area contributed by atoms with Crippen LogP contribution in [0.3, 0.4) is 0 Å². The lowest BCUT2D eigenvalue weighted by Crippen LogP contribution is -2.57. The molecular weight excluding hydrogens is 436 g/mol. The maximum atomic E-state index is 12.8. The number of esters is 1. The van der Waals surface area contributed by atoms with Gasteiger partial charge in [0, 0.05) is 43.5 Å². The van der Waals surface area contributed by atoms with Crippen LogP contribution >= 0.6 is 0 Å². The SMILES string of the molecule is O=C(OC[C@@]12CCC3(C[C@@H]1CCN(Cc1ccccc1)C2)OCCO3)c1ccc([N+](=O)[O-])cc1. The van der Waals surface area contributed by atoms with Crippen molar-refractivity contribution in [2.45, 2.75) is 38.0 Å². The van der Waals surface area contributed by atoms with Gasteiger partial charge in [0.2, 0.25) is 0 Å². The van der Waals surface area contributed by atoms with Crippen molar-refractivity contribution in [3.8, 4) is 0 Å². The van der Waals surface area contributed by atoms with Gasteiger partial charge in [0.1, 0.15) is 0 Å². The van der Waals surface area contributed by atoms with E-state index in [4.69, 9.17) is 14.2 Å². The summed E-state index contributed by atoms with van der Waals surface area (Å²) in [6.07, 6.45) is 3.46. The first kappa shape index (κ1) is 23.0. The largest absolute Gasteiger partial charge is 0.461 e. The van der Waals surface area contributed by atoms with Gasteiger partial charge in [0.05, 0.1) is 30.3 Å². The minimum absolute atomic E-state index is 0.0480. The fraction of sp³-hybridized carbons (Fsp3) is 0.500. The van der Waals surface area contributed by atoms with E-state index in [1.165, 1.54) is 29.8 Å². The molecule has 3 aliphatic rings. The molecule has 8 nitrogen and oxygen atoms in total. The van der Waals surface area contributed by atoms with Gasteiger partial charge in [0.15, 0.2) is 5.79 Å². The van der Waals surface area contributed by atoms with Crippen LogP contribution in [0.1, 0.15) is 41.6 Å². The minimum atomic E-state index is -0.488. The lowest BCUT2D eigenvalue weighted by Gasteiger charge is -2.54. The number of carbonyl (C=O) groups excluding carboxylic acids is 1. The molecule has 0 aromatic heterocycles. The smallest absolute Gasteiger partial charge is 0.338 e. The summed E-state index contributed by atoms with van der Waals surface area (Å²) in [7, 11) is 0. The van der Waals surface area contributed by atoms with Gasteiger partial charge >= 0.3 is 5.97 Å². The number of hydrogen-bond acceptors (Lipinski definition) is 7. The Hall–Kier alpha value is -2.81. The van der Waals surface area contributed by atoms with Crippen LogP contribution in [0.25, 0.3) is 0 Å². The predicted molar refractivity (Wildman–Crippen MR) is 124 cm³/mol. The molecule has 2 saturated heterocycles. The highest BCUT2D eigenvalue weighted by atomic mass is 16.7. The molecule has 0 N–H and O–H groups in total. The first-order valence-corrected chi connectivity index (χ1v) is 11.9. The Morgan fingerprint density at radius 2 is 1.82 bits per heavy atom. The summed E-state index contributed by atoms with van der Waals surface area (Å²) in [6, 6.07) is 16.0. The number of hydrogen-bond donors (Lipinski definition) is 0. The van der Waals surface area contributed by atoms with Crippen LogP contribution in [-0.4, -0.2) is 54.5 Å². The number of nitrogens with zero attached hydrogens (tertiary/aromatic N) is 2. The van der Waals surface area contributed by atoms with Gasteiger partial charge in [-0.3, -0.25) is 15.0 Å². The molecule has 8 heteroatoms. The van der Waals surface area contributed by atoms with Crippen LogP contribution in [0, 0.1) is 21.4 Å². The standard InChI is InChI=1S/C26H30N2O6/c29-24(21-6-8-23(9-7-21)28(30)31)32-19-25-11-12-26(33-14-15-34-26)16-22(25)10-13-27(18-25)17-20-4-2-1-3-5-20/h1-9,22H,10-19H2/t22-,25-/m0/s1. The van der Waals surface area contributed by atoms with Crippen LogP contribution < -0.4 is 0 Å². The summed E-state index contributed by atoms with van der Waals surface area (Å²) < 4.78 is 17.9. The summed E-state index contributed by atoms with van der Waals surface area (Å²) >= 11 is 0. The molecule has 180 valence electrons. The molecule has 1 spiro atoms. The number of nitro groups is 1. The molecule has 0 bridgehead atoms. The van der Waals surface area contributed by atoms with E-state index in [1.54, 1.807) is 0 Å². The fourth-order valence-corrected chi connectivity index (χ4v) is 5.80. The number of non-ortho nitro benzene ring substituents is 1. The Bertz CT molecular complexity index is 1020. The lowest BCUT2D eigenvalue weighted by atomic mass is 9.61. The summed E-state index contributed by atoms with van der Waals surface area (Å²) in [4.78, 5) is 25.7. The molecule has 1 aliphatic carbocycles. The second-order valence-electron chi connectivity index (χ2n) is 9.74. The van der Waals surface area contributed by atoms with Gasteiger partial charge in [-0.05, 0) is 43.0 Å². The molecule has 2 atom stereocenters. The molecule has 0 radical (unpaired) electrons. The second-order valence-corrected chi connectivity index (χ2v) is 9.74. The summed E-state index contributed by atoms with van der Waals surface area (Å²) in [5.74, 6) is -0.606. The molecular formula is C26H30N2O6. The Kier molecular flexibility index (Phi) is 6.38. The first-order chi connectivity index (χ1) is 16.5. The molecule has 1 saturated carbocycles. The Labute approximate surface area is 198 Å². The molecule has 2 aromatic carbocycles. The zero-order valence-corrected chi connectivity index (χ0v) is 19.2. The summed E-state index contributed by atoms with van der Waals surface area (Å²) in [5.41, 5.74) is 1.37. The third-order valence-electron chi connectivity index (χ3n) is 7.63. The maximum absolute atomic E-state index is 12.8. The summed E-state index contributed by atoms with van der Waals surface area (Å²) in [5, 5.41) is 10.9. The van der Waals surface area contributed by atoms with E-state index in [-0.39, 0.29) is 11.1 Å². The molecule has 5 rings (SSSR count). The van der Waals surface area contributed by atoms with E-state index in [9.17, 15) is 14.9 Å². The maximum Gasteiger partial charge on any atom is 0.338 e. The monoisotopic (exact) mass is 466 g/mol. The molecule has 2 aromatic rings. The predicted octanol–water partition coefficient (Wildman–Crippen LogP) is 4.19. The van der Waals surface area contributed by atoms with Gasteiger partial charge in [-0.2, -0.15) is 0 Å². The molecule has 0 unspecified atom stereocenters. The average molecular weight is 467 g/mol. The van der Waals surface area contributed by atoms with Crippen molar-refractivity contribution in [2.24, 2.45) is 11.3 Å². The Morgan fingerprint density at radius 3 is 2.53 bits per heavy atom. The molecule has 34 heavy (non-hydrogen) atoms. The number of benzene rings is 2.